The summed E-state index contributed by atoms with van der Waals surface area (Å²) in [5.74, 6) is 1.11. The van der Waals surface area contributed by atoms with E-state index in [1.807, 2.05) is 12.1 Å². The summed E-state index contributed by atoms with van der Waals surface area (Å²) in [6, 6.07) is 9.07. The van der Waals surface area contributed by atoms with E-state index in [0.717, 1.165) is 8.95 Å². The van der Waals surface area contributed by atoms with Crippen LogP contribution in [0.15, 0.2) is 45.5 Å². The van der Waals surface area contributed by atoms with E-state index in [2.05, 4.69) is 36.8 Å². The average Bonchev–Trinajstić information content (AvgIpc) is 2.25. The van der Waals surface area contributed by atoms with Gasteiger partial charge in [0.2, 0.25) is 5.88 Å². The van der Waals surface area contributed by atoms with Crippen LogP contribution in [-0.4, -0.2) is 4.98 Å². The maximum Gasteiger partial charge on any atom is 0.219 e. The largest absolute Gasteiger partial charge is 0.437 e. The Balaban J connectivity index is 2.23. The van der Waals surface area contributed by atoms with Crippen molar-refractivity contribution in [3.05, 3.63) is 45.5 Å². The van der Waals surface area contributed by atoms with Gasteiger partial charge in [-0.2, -0.15) is 0 Å². The van der Waals surface area contributed by atoms with E-state index in [0.29, 0.717) is 17.3 Å². The quantitative estimate of drug-likeness (QED) is 0.839. The topological polar surface area (TPSA) is 48.1 Å². The Kier molecular flexibility index (Phi) is 3.46. The molecule has 0 aliphatic heterocycles. The van der Waals surface area contributed by atoms with Crippen LogP contribution in [0.25, 0.3) is 0 Å². The Labute approximate surface area is 110 Å². The number of anilines is 1. The molecule has 0 radical (unpaired) electrons. The number of aromatic nitrogens is 1. The van der Waals surface area contributed by atoms with Gasteiger partial charge >= 0.3 is 0 Å². The molecular formula is C11H8Br2N2O. The van der Waals surface area contributed by atoms with Gasteiger partial charge in [-0.15, -0.1) is 0 Å². The molecule has 0 bridgehead atoms. The minimum atomic E-state index is 0.511. The van der Waals surface area contributed by atoms with Gasteiger partial charge in [-0.05, 0) is 40.2 Å². The molecule has 5 heteroatoms. The summed E-state index contributed by atoms with van der Waals surface area (Å²) in [5.41, 5.74) is 6.38. The van der Waals surface area contributed by atoms with Gasteiger partial charge in [-0.25, -0.2) is 4.98 Å². The standard InChI is InChI=1S/C11H8Br2N2O/c12-7-1-3-10(9(14)5-7)16-11-4-2-8(13)6-15-11/h1-6H,14H2. The van der Waals surface area contributed by atoms with Crippen molar-refractivity contribution in [1.29, 1.82) is 0 Å². The van der Waals surface area contributed by atoms with E-state index in [-0.39, 0.29) is 0 Å². The van der Waals surface area contributed by atoms with E-state index in [1.165, 1.54) is 0 Å². The highest BCUT2D eigenvalue weighted by Crippen LogP contribution is 2.29. The van der Waals surface area contributed by atoms with Crippen molar-refractivity contribution in [2.24, 2.45) is 0 Å². The molecule has 1 heterocycles. The number of hydrogen-bond donors (Lipinski definition) is 1. The number of hydrogen-bond acceptors (Lipinski definition) is 3. The molecule has 1 aromatic heterocycles. The molecule has 0 fully saturated rings. The summed E-state index contributed by atoms with van der Waals surface area (Å²) in [7, 11) is 0. The van der Waals surface area contributed by atoms with Crippen molar-refractivity contribution in [3.8, 4) is 11.6 Å². The number of ether oxygens (including phenoxy) is 1. The molecule has 0 amide bonds. The zero-order chi connectivity index (χ0) is 11.5. The third kappa shape index (κ3) is 2.74. The first-order valence-corrected chi connectivity index (χ1v) is 6.08. The summed E-state index contributed by atoms with van der Waals surface area (Å²) in [5, 5.41) is 0. The highest BCUT2D eigenvalue weighted by molar-refractivity contribution is 9.10. The molecule has 0 spiro atoms. The van der Waals surface area contributed by atoms with Crippen LogP contribution >= 0.6 is 31.9 Å². The number of halogens is 2. The van der Waals surface area contributed by atoms with Crippen LogP contribution in [0.1, 0.15) is 0 Å². The maximum absolute atomic E-state index is 5.81. The molecule has 2 rings (SSSR count). The molecule has 0 saturated carbocycles. The molecule has 0 aliphatic carbocycles. The minimum absolute atomic E-state index is 0.511. The van der Waals surface area contributed by atoms with Crippen molar-refractivity contribution in [2.45, 2.75) is 0 Å². The number of pyridine rings is 1. The smallest absolute Gasteiger partial charge is 0.219 e. The van der Waals surface area contributed by atoms with Crippen molar-refractivity contribution in [3.63, 3.8) is 0 Å². The van der Waals surface area contributed by atoms with Crippen LogP contribution in [0.2, 0.25) is 0 Å². The van der Waals surface area contributed by atoms with Gasteiger partial charge in [-0.1, -0.05) is 15.9 Å². The fourth-order valence-corrected chi connectivity index (χ4v) is 1.76. The van der Waals surface area contributed by atoms with Crippen LogP contribution in [0.3, 0.4) is 0 Å². The van der Waals surface area contributed by atoms with Crippen molar-refractivity contribution in [1.82, 2.24) is 4.98 Å². The Hall–Kier alpha value is -1.07. The SMILES string of the molecule is Nc1cc(Br)ccc1Oc1ccc(Br)cn1. The minimum Gasteiger partial charge on any atom is -0.437 e. The fraction of sp³-hybridized carbons (Fsp3) is 0. The second-order valence-electron chi connectivity index (χ2n) is 3.10. The van der Waals surface area contributed by atoms with Crippen LogP contribution in [0.5, 0.6) is 11.6 Å². The number of nitrogen functional groups attached to an aromatic ring is 1. The van der Waals surface area contributed by atoms with Gasteiger partial charge in [0.1, 0.15) is 0 Å². The third-order valence-electron chi connectivity index (χ3n) is 1.89. The van der Waals surface area contributed by atoms with Crippen molar-refractivity contribution < 1.29 is 4.74 Å². The average molecular weight is 344 g/mol. The van der Waals surface area contributed by atoms with Gasteiger partial charge in [0.05, 0.1) is 5.69 Å². The molecule has 16 heavy (non-hydrogen) atoms. The molecule has 0 unspecified atom stereocenters. The normalized spacial score (nSPS) is 10.1. The van der Waals surface area contributed by atoms with E-state index in [4.69, 9.17) is 10.5 Å². The molecule has 3 nitrogen and oxygen atoms in total. The highest BCUT2D eigenvalue weighted by atomic mass is 79.9. The Bertz CT molecular complexity index is 500. The number of benzene rings is 1. The zero-order valence-electron chi connectivity index (χ0n) is 8.15. The number of nitrogens with two attached hydrogens (primary N) is 1. The summed E-state index contributed by atoms with van der Waals surface area (Å²) in [6.45, 7) is 0. The van der Waals surface area contributed by atoms with Crippen LogP contribution in [-0.2, 0) is 0 Å². The van der Waals surface area contributed by atoms with E-state index < -0.39 is 0 Å². The summed E-state index contributed by atoms with van der Waals surface area (Å²) in [6.07, 6.45) is 1.67. The predicted molar refractivity (Wildman–Crippen MR) is 70.6 cm³/mol. The Morgan fingerprint density at radius 1 is 1.06 bits per heavy atom. The van der Waals surface area contributed by atoms with Gasteiger partial charge in [-0.3, -0.25) is 0 Å². The van der Waals surface area contributed by atoms with Crippen molar-refractivity contribution >= 4 is 37.5 Å². The maximum atomic E-state index is 5.81. The third-order valence-corrected chi connectivity index (χ3v) is 2.85. The number of rotatable bonds is 2. The Morgan fingerprint density at radius 3 is 2.44 bits per heavy atom. The second-order valence-corrected chi connectivity index (χ2v) is 4.93. The lowest BCUT2D eigenvalue weighted by Crippen LogP contribution is -1.93. The number of nitrogens with zero attached hydrogens (tertiary/aromatic N) is 1. The molecule has 1 aromatic carbocycles. The first-order chi connectivity index (χ1) is 7.65. The predicted octanol–water partition coefficient (Wildman–Crippen LogP) is 3.98. The van der Waals surface area contributed by atoms with E-state index >= 15 is 0 Å². The fourth-order valence-electron chi connectivity index (χ4n) is 1.15. The highest BCUT2D eigenvalue weighted by Gasteiger charge is 2.03. The molecule has 82 valence electrons. The summed E-state index contributed by atoms with van der Waals surface area (Å²) >= 11 is 6.64. The Morgan fingerprint density at radius 2 is 1.81 bits per heavy atom. The van der Waals surface area contributed by atoms with Gasteiger partial charge in [0.15, 0.2) is 5.75 Å². The monoisotopic (exact) mass is 342 g/mol. The van der Waals surface area contributed by atoms with Gasteiger partial charge in [0.25, 0.3) is 0 Å². The van der Waals surface area contributed by atoms with Crippen LogP contribution in [0, 0.1) is 0 Å². The molecule has 2 aromatic rings. The molecule has 2 N–H and O–H groups in total. The lowest BCUT2D eigenvalue weighted by Gasteiger charge is -2.07. The van der Waals surface area contributed by atoms with Gasteiger partial charge in [0, 0.05) is 21.2 Å². The van der Waals surface area contributed by atoms with E-state index in [9.17, 15) is 0 Å². The summed E-state index contributed by atoms with van der Waals surface area (Å²) in [4.78, 5) is 4.10. The van der Waals surface area contributed by atoms with Crippen LogP contribution < -0.4 is 10.5 Å². The molecule has 0 saturated heterocycles. The molecular weight excluding hydrogens is 336 g/mol. The van der Waals surface area contributed by atoms with Crippen molar-refractivity contribution in [2.75, 3.05) is 5.73 Å². The molecule has 0 atom stereocenters. The van der Waals surface area contributed by atoms with Crippen LogP contribution in [0.4, 0.5) is 5.69 Å². The zero-order valence-corrected chi connectivity index (χ0v) is 11.3. The second kappa shape index (κ2) is 4.84. The first kappa shape index (κ1) is 11.4. The van der Waals surface area contributed by atoms with Gasteiger partial charge < -0.3 is 10.5 Å². The lowest BCUT2D eigenvalue weighted by atomic mass is 10.3. The van der Waals surface area contributed by atoms with E-state index in [1.54, 1.807) is 24.4 Å². The molecule has 0 aliphatic rings. The lowest BCUT2D eigenvalue weighted by molar-refractivity contribution is 0.465. The first-order valence-electron chi connectivity index (χ1n) is 4.49. The summed E-state index contributed by atoms with van der Waals surface area (Å²) < 4.78 is 7.37.